The molecule has 1 aromatic rings. The Bertz CT molecular complexity index is 578. The van der Waals surface area contributed by atoms with Gasteiger partial charge in [0.05, 0.1) is 5.56 Å². The van der Waals surface area contributed by atoms with Crippen molar-refractivity contribution < 1.29 is 18.0 Å². The molecule has 0 atom stereocenters. The molecule has 0 N–H and O–H groups in total. The third-order valence-electron chi connectivity index (χ3n) is 2.13. The number of hydrogen-bond donors (Lipinski definition) is 0. The Balaban J connectivity index is 3.03. The van der Waals surface area contributed by atoms with Crippen molar-refractivity contribution in [2.75, 3.05) is 6.54 Å². The first-order valence-corrected chi connectivity index (χ1v) is 5.15. The Hall–Kier alpha value is -2.45. The average Bonchev–Trinajstić information content (AvgIpc) is 2.37. The van der Waals surface area contributed by atoms with E-state index in [0.717, 1.165) is 18.2 Å². The molecule has 0 unspecified atom stereocenters. The number of carbonyl (C=O) groups is 1. The van der Waals surface area contributed by atoms with E-state index in [1.807, 2.05) is 0 Å². The van der Waals surface area contributed by atoms with Crippen LogP contribution in [0.3, 0.4) is 0 Å². The van der Waals surface area contributed by atoms with E-state index in [4.69, 9.17) is 5.53 Å². The molecule has 0 saturated carbocycles. The summed E-state index contributed by atoms with van der Waals surface area (Å²) in [4.78, 5) is 13.2. The van der Waals surface area contributed by atoms with Gasteiger partial charge in [-0.15, -0.1) is 0 Å². The molecule has 0 saturated heterocycles. The first-order valence-electron chi connectivity index (χ1n) is 5.15. The minimum Gasteiger partial charge on any atom is -0.298 e. The molecule has 0 aliphatic carbocycles. The van der Waals surface area contributed by atoms with Gasteiger partial charge in [0.15, 0.2) is 6.29 Å². The predicted octanol–water partition coefficient (Wildman–Crippen LogP) is 3.57. The van der Waals surface area contributed by atoms with Gasteiger partial charge in [0.1, 0.15) is 0 Å². The van der Waals surface area contributed by atoms with Crippen molar-refractivity contribution in [2.45, 2.75) is 12.6 Å². The fraction of sp³-hybridized carbons (Fsp3) is 0.250. The number of benzene rings is 1. The number of hydrogen-bond acceptors (Lipinski definition) is 2. The van der Waals surface area contributed by atoms with Gasteiger partial charge in [0, 0.05) is 29.0 Å². The fourth-order valence-electron chi connectivity index (χ4n) is 1.25. The number of azide groups is 1. The normalized spacial score (nSPS) is 10.1. The van der Waals surface area contributed by atoms with Crippen LogP contribution in [0.4, 0.5) is 13.2 Å². The zero-order valence-electron chi connectivity index (χ0n) is 9.61. The highest BCUT2D eigenvalue weighted by Crippen LogP contribution is 2.30. The van der Waals surface area contributed by atoms with Gasteiger partial charge < -0.3 is 0 Å². The highest BCUT2D eigenvalue weighted by atomic mass is 19.4. The average molecular weight is 267 g/mol. The second-order valence-electron chi connectivity index (χ2n) is 3.42. The zero-order chi connectivity index (χ0) is 14.3. The lowest BCUT2D eigenvalue weighted by molar-refractivity contribution is -0.137. The summed E-state index contributed by atoms with van der Waals surface area (Å²) >= 11 is 0. The van der Waals surface area contributed by atoms with Crippen molar-refractivity contribution >= 4 is 6.29 Å². The van der Waals surface area contributed by atoms with Crippen molar-refractivity contribution in [3.63, 3.8) is 0 Å². The molecule has 0 aliphatic rings. The van der Waals surface area contributed by atoms with Crippen molar-refractivity contribution in [3.8, 4) is 11.8 Å². The van der Waals surface area contributed by atoms with Gasteiger partial charge in [-0.3, -0.25) is 4.79 Å². The largest absolute Gasteiger partial charge is 0.416 e. The van der Waals surface area contributed by atoms with E-state index in [1.54, 1.807) is 0 Å². The van der Waals surface area contributed by atoms with Gasteiger partial charge in [0.2, 0.25) is 0 Å². The van der Waals surface area contributed by atoms with Crippen LogP contribution in [-0.4, -0.2) is 12.8 Å². The molecule has 1 aromatic carbocycles. The lowest BCUT2D eigenvalue weighted by Gasteiger charge is -2.07. The highest BCUT2D eigenvalue weighted by molar-refractivity contribution is 5.79. The van der Waals surface area contributed by atoms with Crippen molar-refractivity contribution in [1.82, 2.24) is 0 Å². The monoisotopic (exact) mass is 267 g/mol. The molecule has 19 heavy (non-hydrogen) atoms. The van der Waals surface area contributed by atoms with Crippen molar-refractivity contribution in [1.29, 1.82) is 0 Å². The number of nitrogens with zero attached hydrogens (tertiary/aromatic N) is 3. The summed E-state index contributed by atoms with van der Waals surface area (Å²) in [5.41, 5.74) is 7.26. The lowest BCUT2D eigenvalue weighted by atomic mass is 10.0. The maximum atomic E-state index is 12.5. The molecule has 0 aromatic heterocycles. The van der Waals surface area contributed by atoms with Crippen LogP contribution in [0.25, 0.3) is 10.4 Å². The number of halogens is 3. The molecule has 4 nitrogen and oxygen atoms in total. The van der Waals surface area contributed by atoms with Gasteiger partial charge in [-0.2, -0.15) is 13.2 Å². The van der Waals surface area contributed by atoms with Gasteiger partial charge in [-0.25, -0.2) is 0 Å². The van der Waals surface area contributed by atoms with Crippen LogP contribution in [0.5, 0.6) is 0 Å². The van der Waals surface area contributed by atoms with Gasteiger partial charge >= 0.3 is 6.18 Å². The zero-order valence-corrected chi connectivity index (χ0v) is 9.61. The molecule has 0 bridgehead atoms. The second-order valence-corrected chi connectivity index (χ2v) is 3.42. The Labute approximate surface area is 106 Å². The molecule has 0 amide bonds. The molecule has 0 radical (unpaired) electrons. The van der Waals surface area contributed by atoms with E-state index in [2.05, 4.69) is 21.9 Å². The molecule has 0 fully saturated rings. The van der Waals surface area contributed by atoms with Crippen LogP contribution >= 0.6 is 0 Å². The lowest BCUT2D eigenvalue weighted by Crippen LogP contribution is -2.05. The van der Waals surface area contributed by atoms with Crippen LogP contribution in [-0.2, 0) is 6.18 Å². The van der Waals surface area contributed by atoms with E-state index < -0.39 is 11.7 Å². The third-order valence-corrected chi connectivity index (χ3v) is 2.13. The number of carbonyl (C=O) groups excluding carboxylic acids is 1. The first-order chi connectivity index (χ1) is 8.99. The van der Waals surface area contributed by atoms with Gasteiger partial charge in [-0.05, 0) is 23.7 Å². The van der Waals surface area contributed by atoms with Crippen molar-refractivity contribution in [3.05, 3.63) is 45.3 Å². The standard InChI is InChI=1S/C12H8F3N3O/c13-12(14,15)11-5-4-10(8-19)9(7-11)3-1-2-6-17-18-16/h4-5,7-8H,2,6H2. The Morgan fingerprint density at radius 3 is 2.74 bits per heavy atom. The summed E-state index contributed by atoms with van der Waals surface area (Å²) in [5, 5.41) is 3.23. The smallest absolute Gasteiger partial charge is 0.298 e. The molecule has 1 rings (SSSR count). The van der Waals surface area contributed by atoms with Crippen LogP contribution in [0, 0.1) is 11.8 Å². The Kier molecular flexibility index (Phi) is 4.98. The Morgan fingerprint density at radius 2 is 2.16 bits per heavy atom. The molecule has 0 heterocycles. The molecule has 0 spiro atoms. The topological polar surface area (TPSA) is 65.8 Å². The summed E-state index contributed by atoms with van der Waals surface area (Å²) in [6.07, 6.45) is -3.83. The molecule has 7 heteroatoms. The summed E-state index contributed by atoms with van der Waals surface area (Å²) in [6.45, 7) is 0.124. The molecular weight excluding hydrogens is 259 g/mol. The highest BCUT2D eigenvalue weighted by Gasteiger charge is 2.30. The molecule has 98 valence electrons. The third kappa shape index (κ3) is 4.37. The number of alkyl halides is 3. The predicted molar refractivity (Wildman–Crippen MR) is 62.3 cm³/mol. The van der Waals surface area contributed by atoms with Crippen LogP contribution in [0.2, 0.25) is 0 Å². The van der Waals surface area contributed by atoms with E-state index >= 15 is 0 Å². The minimum absolute atomic E-state index is 0.00534. The minimum atomic E-state index is -4.48. The maximum absolute atomic E-state index is 12.5. The van der Waals surface area contributed by atoms with E-state index in [0.29, 0.717) is 6.29 Å². The quantitative estimate of drug-likeness (QED) is 0.206. The second kappa shape index (κ2) is 6.47. The summed E-state index contributed by atoms with van der Waals surface area (Å²) < 4.78 is 37.5. The maximum Gasteiger partial charge on any atom is 0.416 e. The summed E-state index contributed by atoms with van der Waals surface area (Å²) in [5.74, 6) is 5.02. The number of rotatable bonds is 3. The molecule has 0 aliphatic heterocycles. The van der Waals surface area contributed by atoms with E-state index in [1.165, 1.54) is 0 Å². The Morgan fingerprint density at radius 1 is 1.42 bits per heavy atom. The van der Waals surface area contributed by atoms with Crippen LogP contribution < -0.4 is 0 Å². The molecular formula is C12H8F3N3O. The van der Waals surface area contributed by atoms with Crippen LogP contribution in [0.1, 0.15) is 27.9 Å². The van der Waals surface area contributed by atoms with Crippen LogP contribution in [0.15, 0.2) is 23.3 Å². The van der Waals surface area contributed by atoms with E-state index in [9.17, 15) is 18.0 Å². The SMILES string of the molecule is [N-]=[N+]=NCCC#Cc1cc(C(F)(F)F)ccc1C=O. The van der Waals surface area contributed by atoms with Gasteiger partial charge in [-0.1, -0.05) is 17.0 Å². The first kappa shape index (κ1) is 14.6. The summed E-state index contributed by atoms with van der Waals surface area (Å²) in [7, 11) is 0. The number of aldehydes is 1. The van der Waals surface area contributed by atoms with Crippen molar-refractivity contribution in [2.24, 2.45) is 5.11 Å². The summed E-state index contributed by atoms with van der Waals surface area (Å²) in [6, 6.07) is 2.73. The van der Waals surface area contributed by atoms with Gasteiger partial charge in [0.25, 0.3) is 0 Å². The fourth-order valence-corrected chi connectivity index (χ4v) is 1.25. The van der Waals surface area contributed by atoms with E-state index in [-0.39, 0.29) is 24.1 Å².